The topological polar surface area (TPSA) is 15.3 Å². The third-order valence-corrected chi connectivity index (χ3v) is 4.14. The molecule has 2 nitrogen and oxygen atoms in total. The SMILES string of the molecule is CC.CCN1c2c(C)cccc2C2CNCCC21.P. The number of likely N-dealkylation sites (N-methyl/N-ethyl adjacent to an activating group) is 1. The Balaban J connectivity index is 0.000000576. The van der Waals surface area contributed by atoms with E-state index < -0.39 is 0 Å². The van der Waals surface area contributed by atoms with Gasteiger partial charge in [-0.25, -0.2) is 0 Å². The van der Waals surface area contributed by atoms with Gasteiger partial charge in [0, 0.05) is 30.7 Å². The zero-order valence-electron chi connectivity index (χ0n) is 12.9. The molecule has 0 aromatic heterocycles. The maximum atomic E-state index is 3.53. The molecule has 108 valence electrons. The standard InChI is InChI=1S/C14H20N2.C2H6.H3P/c1-3-16-13-7-8-15-9-12(13)11-6-4-5-10(2)14(11)16;1-2;/h4-6,12-13,15H,3,7-9H2,1-2H3;1-2H3;1H3. The summed E-state index contributed by atoms with van der Waals surface area (Å²) in [6, 6.07) is 7.51. The summed E-state index contributed by atoms with van der Waals surface area (Å²) < 4.78 is 0. The number of fused-ring (bicyclic) bond motifs is 3. The molecule has 3 unspecified atom stereocenters. The van der Waals surface area contributed by atoms with Crippen molar-refractivity contribution in [2.45, 2.75) is 46.1 Å². The summed E-state index contributed by atoms with van der Waals surface area (Å²) in [6.45, 7) is 12.0. The van der Waals surface area contributed by atoms with Crippen LogP contribution in [0.3, 0.4) is 0 Å². The highest BCUT2D eigenvalue weighted by atomic mass is 31.0. The summed E-state index contributed by atoms with van der Waals surface area (Å²) in [6.07, 6.45) is 1.28. The molecule has 1 aromatic rings. The summed E-state index contributed by atoms with van der Waals surface area (Å²) in [5.41, 5.74) is 4.52. The average molecular weight is 280 g/mol. The van der Waals surface area contributed by atoms with Gasteiger partial charge >= 0.3 is 0 Å². The zero-order chi connectivity index (χ0) is 13.1. The third kappa shape index (κ3) is 2.80. The van der Waals surface area contributed by atoms with Crippen LogP contribution in [0.5, 0.6) is 0 Å². The second-order valence-corrected chi connectivity index (χ2v) is 4.97. The van der Waals surface area contributed by atoms with E-state index in [-0.39, 0.29) is 9.90 Å². The fourth-order valence-electron chi connectivity index (χ4n) is 3.47. The second-order valence-electron chi connectivity index (χ2n) is 4.97. The highest BCUT2D eigenvalue weighted by Gasteiger charge is 2.39. The predicted molar refractivity (Wildman–Crippen MR) is 90.7 cm³/mol. The Labute approximate surface area is 121 Å². The number of hydrogen-bond acceptors (Lipinski definition) is 2. The molecule has 3 heteroatoms. The van der Waals surface area contributed by atoms with Gasteiger partial charge < -0.3 is 10.2 Å². The summed E-state index contributed by atoms with van der Waals surface area (Å²) in [5.74, 6) is 0.712. The van der Waals surface area contributed by atoms with Gasteiger partial charge in [-0.3, -0.25) is 0 Å². The number of benzene rings is 1. The van der Waals surface area contributed by atoms with Crippen LogP contribution >= 0.6 is 9.90 Å². The van der Waals surface area contributed by atoms with Gasteiger partial charge in [0.1, 0.15) is 0 Å². The van der Waals surface area contributed by atoms with E-state index in [4.69, 9.17) is 0 Å². The quantitative estimate of drug-likeness (QED) is 0.794. The summed E-state index contributed by atoms with van der Waals surface area (Å²) in [4.78, 5) is 2.62. The molecule has 3 atom stereocenters. The molecule has 0 bridgehead atoms. The molecule has 0 amide bonds. The summed E-state index contributed by atoms with van der Waals surface area (Å²) in [5, 5.41) is 3.53. The monoisotopic (exact) mass is 280 g/mol. The molecule has 2 heterocycles. The van der Waals surface area contributed by atoms with E-state index in [1.54, 1.807) is 5.56 Å². The first-order chi connectivity index (χ1) is 8.83. The number of para-hydroxylation sites is 1. The Bertz CT molecular complexity index is 406. The average Bonchev–Trinajstić information content (AvgIpc) is 2.76. The lowest BCUT2D eigenvalue weighted by molar-refractivity contribution is 0.406. The molecule has 1 N–H and O–H groups in total. The summed E-state index contributed by atoms with van der Waals surface area (Å²) >= 11 is 0. The van der Waals surface area contributed by atoms with Gasteiger partial charge in [-0.2, -0.15) is 9.90 Å². The first-order valence-electron chi connectivity index (χ1n) is 7.39. The molecular formula is C16H29N2P. The van der Waals surface area contributed by atoms with Crippen LogP contribution in [0.4, 0.5) is 5.69 Å². The molecule has 1 aromatic carbocycles. The number of nitrogens with zero attached hydrogens (tertiary/aromatic N) is 1. The molecule has 0 radical (unpaired) electrons. The normalized spacial score (nSPS) is 23.7. The first-order valence-corrected chi connectivity index (χ1v) is 7.39. The molecule has 1 fully saturated rings. The number of nitrogens with one attached hydrogen (secondary N) is 1. The Morgan fingerprint density at radius 2 is 2.05 bits per heavy atom. The van der Waals surface area contributed by atoms with E-state index in [0.29, 0.717) is 5.92 Å². The highest BCUT2D eigenvalue weighted by Crippen LogP contribution is 2.44. The van der Waals surface area contributed by atoms with E-state index >= 15 is 0 Å². The maximum Gasteiger partial charge on any atom is 0.0435 e. The van der Waals surface area contributed by atoms with Crippen LogP contribution in [0.1, 0.15) is 44.2 Å². The minimum Gasteiger partial charge on any atom is -0.368 e. The lowest BCUT2D eigenvalue weighted by atomic mass is 9.90. The van der Waals surface area contributed by atoms with Crippen molar-refractivity contribution in [3.63, 3.8) is 0 Å². The number of hydrogen-bond donors (Lipinski definition) is 1. The maximum absolute atomic E-state index is 3.53. The lowest BCUT2D eigenvalue weighted by Gasteiger charge is -2.33. The third-order valence-electron chi connectivity index (χ3n) is 4.14. The molecule has 0 saturated carbocycles. The number of aryl methyl sites for hydroxylation is 1. The van der Waals surface area contributed by atoms with Crippen molar-refractivity contribution in [1.29, 1.82) is 0 Å². The van der Waals surface area contributed by atoms with E-state index in [9.17, 15) is 0 Å². The highest BCUT2D eigenvalue weighted by molar-refractivity contribution is 6.92. The van der Waals surface area contributed by atoms with E-state index in [1.165, 1.54) is 24.2 Å². The Kier molecular flexibility index (Phi) is 6.29. The van der Waals surface area contributed by atoms with E-state index in [1.807, 2.05) is 13.8 Å². The Morgan fingerprint density at radius 3 is 2.74 bits per heavy atom. The second kappa shape index (κ2) is 7.26. The fraction of sp³-hybridized carbons (Fsp3) is 0.625. The van der Waals surface area contributed by atoms with Crippen LogP contribution in [0.15, 0.2) is 18.2 Å². The molecule has 2 aliphatic rings. The van der Waals surface area contributed by atoms with Crippen molar-refractivity contribution in [1.82, 2.24) is 5.32 Å². The number of anilines is 1. The molecule has 1 saturated heterocycles. The smallest absolute Gasteiger partial charge is 0.0435 e. The van der Waals surface area contributed by atoms with Crippen molar-refractivity contribution in [2.24, 2.45) is 0 Å². The van der Waals surface area contributed by atoms with Crippen LogP contribution < -0.4 is 10.2 Å². The van der Waals surface area contributed by atoms with Gasteiger partial charge in [0.2, 0.25) is 0 Å². The number of rotatable bonds is 1. The fourth-order valence-corrected chi connectivity index (χ4v) is 3.47. The molecular weight excluding hydrogens is 251 g/mol. The lowest BCUT2D eigenvalue weighted by Crippen LogP contribution is -2.44. The minimum absolute atomic E-state index is 0. The van der Waals surface area contributed by atoms with Crippen LogP contribution in [-0.4, -0.2) is 25.7 Å². The molecule has 19 heavy (non-hydrogen) atoms. The van der Waals surface area contributed by atoms with Crippen molar-refractivity contribution in [3.8, 4) is 0 Å². The van der Waals surface area contributed by atoms with Crippen molar-refractivity contribution < 1.29 is 0 Å². The molecule has 0 spiro atoms. The van der Waals surface area contributed by atoms with E-state index in [2.05, 4.69) is 42.3 Å². The van der Waals surface area contributed by atoms with Crippen molar-refractivity contribution in [3.05, 3.63) is 29.3 Å². The van der Waals surface area contributed by atoms with Crippen LogP contribution in [-0.2, 0) is 0 Å². The van der Waals surface area contributed by atoms with Gasteiger partial charge in [-0.05, 0) is 37.9 Å². The number of piperidine rings is 1. The van der Waals surface area contributed by atoms with Gasteiger partial charge in [0.25, 0.3) is 0 Å². The van der Waals surface area contributed by atoms with Crippen molar-refractivity contribution >= 4 is 15.6 Å². The predicted octanol–water partition coefficient (Wildman–Crippen LogP) is 3.36. The van der Waals surface area contributed by atoms with Gasteiger partial charge in [-0.15, -0.1) is 0 Å². The zero-order valence-corrected chi connectivity index (χ0v) is 14.3. The van der Waals surface area contributed by atoms with Crippen LogP contribution in [0.25, 0.3) is 0 Å². The Morgan fingerprint density at radius 1 is 1.32 bits per heavy atom. The first kappa shape index (κ1) is 16.5. The van der Waals surface area contributed by atoms with Crippen LogP contribution in [0.2, 0.25) is 0 Å². The molecule has 3 rings (SSSR count). The largest absolute Gasteiger partial charge is 0.368 e. The molecule has 0 aliphatic carbocycles. The molecule has 2 aliphatic heterocycles. The van der Waals surface area contributed by atoms with Gasteiger partial charge in [0.15, 0.2) is 0 Å². The van der Waals surface area contributed by atoms with Crippen LogP contribution in [0, 0.1) is 6.92 Å². The van der Waals surface area contributed by atoms with E-state index in [0.717, 1.165) is 19.1 Å². The Hall–Kier alpha value is -0.590. The van der Waals surface area contributed by atoms with Gasteiger partial charge in [-0.1, -0.05) is 32.0 Å². The minimum atomic E-state index is 0. The van der Waals surface area contributed by atoms with Crippen molar-refractivity contribution in [2.75, 3.05) is 24.5 Å². The summed E-state index contributed by atoms with van der Waals surface area (Å²) in [7, 11) is 0. The van der Waals surface area contributed by atoms with Gasteiger partial charge in [0.05, 0.1) is 0 Å².